The number of nitrogens with zero attached hydrogens (tertiary/aromatic N) is 3. The molecule has 0 bridgehead atoms. The molecule has 0 fully saturated rings. The third-order valence-corrected chi connectivity index (χ3v) is 6.05. The predicted octanol–water partition coefficient (Wildman–Crippen LogP) is 3.44. The van der Waals surface area contributed by atoms with E-state index in [9.17, 15) is 8.42 Å². The van der Waals surface area contributed by atoms with Crippen molar-refractivity contribution < 1.29 is 8.42 Å². The lowest BCUT2D eigenvalue weighted by atomic mass is 9.98. The molecule has 0 aliphatic heterocycles. The molecule has 0 saturated heterocycles. The summed E-state index contributed by atoms with van der Waals surface area (Å²) in [5.74, 6) is 0.656. The summed E-state index contributed by atoms with van der Waals surface area (Å²) >= 11 is 0. The molecule has 0 aliphatic rings. The van der Waals surface area contributed by atoms with Crippen LogP contribution in [0.2, 0.25) is 0 Å². The van der Waals surface area contributed by atoms with Crippen molar-refractivity contribution in [2.45, 2.75) is 4.90 Å². The second kappa shape index (κ2) is 9.75. The van der Waals surface area contributed by atoms with Crippen LogP contribution in [0.5, 0.6) is 0 Å². The first-order chi connectivity index (χ1) is 16.7. The molecular weight excluding hydrogens is 462 g/mol. The van der Waals surface area contributed by atoms with Gasteiger partial charge in [0.25, 0.3) is 0 Å². The molecule has 4 aromatic carbocycles. The molecule has 0 atom stereocenters. The Bertz CT molecular complexity index is 1570. The van der Waals surface area contributed by atoms with Crippen LogP contribution in [0.15, 0.2) is 95.9 Å². The molecule has 0 radical (unpaired) electrons. The highest BCUT2D eigenvalue weighted by atomic mass is 32.2. The van der Waals surface area contributed by atoms with Crippen LogP contribution in [-0.2, 0) is 10.0 Å². The fraction of sp³-hybridized carbons (Fsp3) is 0. The summed E-state index contributed by atoms with van der Waals surface area (Å²) in [4.78, 5) is 11.8. The summed E-state index contributed by atoms with van der Waals surface area (Å²) < 4.78 is 23.7. The van der Waals surface area contributed by atoms with E-state index in [2.05, 4.69) is 15.0 Å². The van der Waals surface area contributed by atoms with Crippen molar-refractivity contribution in [2.24, 2.45) is 5.14 Å². The number of sulfonamides is 1. The highest BCUT2D eigenvalue weighted by molar-refractivity contribution is 7.89. The maximum Gasteiger partial charge on any atom is 0.238 e. The molecule has 0 amide bonds. The molecule has 5 rings (SSSR count). The maximum absolute atomic E-state index is 11.8. The summed E-state index contributed by atoms with van der Waals surface area (Å²) in [6.07, 6.45) is 0. The zero-order chi connectivity index (χ0) is 25.0. The summed E-state index contributed by atoms with van der Waals surface area (Å²) in [5.41, 5.74) is 19.5. The summed E-state index contributed by atoms with van der Waals surface area (Å²) in [7, 11) is -3.77. The van der Waals surface area contributed by atoms with Gasteiger partial charge in [-0.1, -0.05) is 60.7 Å². The van der Waals surface area contributed by atoms with Crippen LogP contribution in [-0.4, -0.2) is 23.4 Å². The lowest BCUT2D eigenvalue weighted by Crippen LogP contribution is -2.13. The minimum Gasteiger partial charge on any atom is -0.399 e. The van der Waals surface area contributed by atoms with Gasteiger partial charge in [-0.15, -0.1) is 0 Å². The first kappa shape index (κ1) is 23.6. The molecule has 8 N–H and O–H groups in total. The Balaban J connectivity index is 0.000000172. The Morgan fingerprint density at radius 2 is 1.20 bits per heavy atom. The largest absolute Gasteiger partial charge is 0.399 e. The van der Waals surface area contributed by atoms with Gasteiger partial charge in [0.15, 0.2) is 5.82 Å². The number of primary sulfonamides is 1. The summed E-state index contributed by atoms with van der Waals surface area (Å²) in [6.45, 7) is 0. The van der Waals surface area contributed by atoms with Gasteiger partial charge in [0.05, 0.1) is 4.90 Å². The van der Waals surface area contributed by atoms with Gasteiger partial charge >= 0.3 is 0 Å². The van der Waals surface area contributed by atoms with Gasteiger partial charge in [-0.2, -0.15) is 15.0 Å². The Hall–Kier alpha value is -4.54. The van der Waals surface area contributed by atoms with E-state index in [-0.39, 0.29) is 16.8 Å². The van der Waals surface area contributed by atoms with E-state index in [1.54, 1.807) is 36.4 Å². The van der Waals surface area contributed by atoms with Gasteiger partial charge in [-0.3, -0.25) is 0 Å². The van der Waals surface area contributed by atoms with Gasteiger partial charge < -0.3 is 17.2 Å². The number of fused-ring (bicyclic) bond motifs is 1. The van der Waals surface area contributed by atoms with Gasteiger partial charge in [0.2, 0.25) is 21.9 Å². The van der Waals surface area contributed by atoms with E-state index < -0.39 is 10.0 Å². The monoisotopic (exact) mass is 485 g/mol. The molecule has 0 unspecified atom stereocenters. The number of nitrogens with two attached hydrogens (primary N) is 4. The number of rotatable bonds is 3. The average molecular weight is 486 g/mol. The Kier molecular flexibility index (Phi) is 6.58. The van der Waals surface area contributed by atoms with Crippen molar-refractivity contribution in [2.75, 3.05) is 17.2 Å². The first-order valence-corrected chi connectivity index (χ1v) is 12.0. The number of nitrogen functional groups attached to an aromatic ring is 3. The minimum atomic E-state index is -3.77. The van der Waals surface area contributed by atoms with Crippen LogP contribution >= 0.6 is 0 Å². The van der Waals surface area contributed by atoms with Crippen molar-refractivity contribution in [1.82, 2.24) is 15.0 Å². The molecule has 1 heterocycles. The quantitative estimate of drug-likeness (QED) is 0.281. The number of benzene rings is 4. The maximum atomic E-state index is 11.8. The zero-order valence-electron chi connectivity index (χ0n) is 18.5. The van der Waals surface area contributed by atoms with Crippen LogP contribution in [0.3, 0.4) is 0 Å². The van der Waals surface area contributed by atoms with Crippen LogP contribution < -0.4 is 22.3 Å². The second-order valence-electron chi connectivity index (χ2n) is 7.57. The molecule has 10 heteroatoms. The molecule has 0 saturated carbocycles. The van der Waals surface area contributed by atoms with Crippen LogP contribution in [0.1, 0.15) is 0 Å². The average Bonchev–Trinajstić information content (AvgIpc) is 2.83. The van der Waals surface area contributed by atoms with Crippen LogP contribution in [0.4, 0.5) is 17.6 Å². The Labute approximate surface area is 202 Å². The Morgan fingerprint density at radius 3 is 1.83 bits per heavy atom. The van der Waals surface area contributed by atoms with Crippen LogP contribution in [0, 0.1) is 0 Å². The smallest absolute Gasteiger partial charge is 0.238 e. The summed E-state index contributed by atoms with van der Waals surface area (Å²) in [6, 6.07) is 27.5. The van der Waals surface area contributed by atoms with Crippen molar-refractivity contribution in [1.29, 1.82) is 0 Å². The predicted molar refractivity (Wildman–Crippen MR) is 139 cm³/mol. The zero-order valence-corrected chi connectivity index (χ0v) is 19.4. The van der Waals surface area contributed by atoms with E-state index in [4.69, 9.17) is 22.3 Å². The lowest BCUT2D eigenvalue weighted by molar-refractivity contribution is 0.598. The fourth-order valence-electron chi connectivity index (χ4n) is 3.56. The van der Waals surface area contributed by atoms with E-state index in [0.29, 0.717) is 17.1 Å². The van der Waals surface area contributed by atoms with E-state index in [0.717, 1.165) is 21.9 Å². The van der Waals surface area contributed by atoms with Gasteiger partial charge in [0.1, 0.15) is 0 Å². The number of aromatic nitrogens is 3. The van der Waals surface area contributed by atoms with Crippen molar-refractivity contribution in [3.63, 3.8) is 0 Å². The molecule has 0 aliphatic carbocycles. The summed E-state index contributed by atoms with van der Waals surface area (Å²) in [5, 5.41) is 7.22. The lowest BCUT2D eigenvalue weighted by Gasteiger charge is -2.12. The first-order valence-electron chi connectivity index (χ1n) is 10.5. The number of anilines is 3. The fourth-order valence-corrected chi connectivity index (χ4v) is 4.33. The molecule has 5 aromatic rings. The standard InChI is InChI=1S/C16H13NO2S.C9H10N6/c17-20(18,19)15-11-10-12-6-4-5-9-14(12)16(15)13-7-2-1-3-8-13;10-6-3-1-5(2-4-6)7-13-8(11)15-9(12)14-7/h1-11H,(H2,17,18,19);1-4H,10H2,(H4,11,12,13,14,15). The van der Waals surface area contributed by atoms with Crippen molar-refractivity contribution >= 4 is 38.4 Å². The minimum absolute atomic E-state index is 0.106. The molecule has 35 heavy (non-hydrogen) atoms. The topological polar surface area (TPSA) is 177 Å². The van der Waals surface area contributed by atoms with Gasteiger partial charge in [-0.25, -0.2) is 13.6 Å². The van der Waals surface area contributed by atoms with Crippen molar-refractivity contribution in [3.05, 3.63) is 91.0 Å². The van der Waals surface area contributed by atoms with Gasteiger partial charge in [-0.05, 0) is 46.7 Å². The highest BCUT2D eigenvalue weighted by Gasteiger charge is 2.17. The van der Waals surface area contributed by atoms with Crippen molar-refractivity contribution in [3.8, 4) is 22.5 Å². The molecular formula is C25H23N7O2S. The third kappa shape index (κ3) is 5.52. The van der Waals surface area contributed by atoms with E-state index in [1.165, 1.54) is 0 Å². The SMILES string of the molecule is NS(=O)(=O)c1ccc2ccccc2c1-c1ccccc1.Nc1ccc(-c2nc(N)nc(N)n2)cc1. The van der Waals surface area contributed by atoms with Gasteiger partial charge in [0, 0.05) is 16.8 Å². The highest BCUT2D eigenvalue weighted by Crippen LogP contribution is 2.34. The molecule has 1 aromatic heterocycles. The van der Waals surface area contributed by atoms with Crippen LogP contribution in [0.25, 0.3) is 33.3 Å². The number of hydrogen-bond donors (Lipinski definition) is 4. The Morgan fingerprint density at radius 1 is 0.600 bits per heavy atom. The second-order valence-corrected chi connectivity index (χ2v) is 9.10. The third-order valence-electron chi connectivity index (χ3n) is 5.10. The molecule has 176 valence electrons. The van der Waals surface area contributed by atoms with E-state index >= 15 is 0 Å². The normalized spacial score (nSPS) is 11.0. The number of hydrogen-bond acceptors (Lipinski definition) is 8. The van der Waals surface area contributed by atoms with E-state index in [1.807, 2.05) is 54.6 Å². The molecule has 0 spiro atoms. The molecule has 9 nitrogen and oxygen atoms in total.